The zero-order valence-electron chi connectivity index (χ0n) is 17.5. The number of allylic oxidation sites excluding steroid dienone is 2. The molecular formula is C22H23N4O5PS. The van der Waals surface area contributed by atoms with Gasteiger partial charge < -0.3 is 24.9 Å². The van der Waals surface area contributed by atoms with E-state index in [0.717, 1.165) is 22.0 Å². The average Bonchev–Trinajstić information content (AvgIpc) is 3.26. The largest absolute Gasteiger partial charge is 0.471 e. The van der Waals surface area contributed by atoms with Gasteiger partial charge >= 0.3 is 7.82 Å². The van der Waals surface area contributed by atoms with Crippen LogP contribution in [-0.4, -0.2) is 37.7 Å². The maximum Gasteiger partial charge on any atom is 0.471 e. The summed E-state index contributed by atoms with van der Waals surface area (Å²) in [5.41, 5.74) is 9.80. The normalized spacial score (nSPS) is 16.2. The van der Waals surface area contributed by atoms with E-state index >= 15 is 0 Å². The van der Waals surface area contributed by atoms with E-state index in [1.165, 1.54) is 10.5 Å². The number of phosphoric acid groups is 1. The van der Waals surface area contributed by atoms with Crippen molar-refractivity contribution >= 4 is 25.2 Å². The molecule has 1 unspecified atom stereocenters. The van der Waals surface area contributed by atoms with Gasteiger partial charge in [-0.3, -0.25) is 4.52 Å². The van der Waals surface area contributed by atoms with Crippen molar-refractivity contribution < 1.29 is 23.4 Å². The van der Waals surface area contributed by atoms with Crippen LogP contribution in [0.2, 0.25) is 0 Å². The Balaban J connectivity index is 1.35. The van der Waals surface area contributed by atoms with Crippen LogP contribution in [0.25, 0.3) is 5.57 Å². The Labute approximate surface area is 195 Å². The molecule has 1 aliphatic heterocycles. The summed E-state index contributed by atoms with van der Waals surface area (Å²) < 4.78 is 21.0. The SMILES string of the molecule is NC1C(c2cc(Cc3ccc(SCc4ccccc4)nc3)no2)=CC=CN1COP(=O)(O)O. The molecule has 4 N–H and O–H groups in total. The predicted molar refractivity (Wildman–Crippen MR) is 124 cm³/mol. The Morgan fingerprint density at radius 2 is 2.00 bits per heavy atom. The number of rotatable bonds is 9. The second-order valence-electron chi connectivity index (χ2n) is 7.31. The van der Waals surface area contributed by atoms with Gasteiger partial charge in [-0.15, -0.1) is 11.8 Å². The third kappa shape index (κ3) is 6.64. The summed E-state index contributed by atoms with van der Waals surface area (Å²) in [4.78, 5) is 23.8. The lowest BCUT2D eigenvalue weighted by molar-refractivity contribution is 0.110. The standard InChI is InChI=1S/C22H23N4O5PS/c23-22-19(7-4-10-26(22)15-30-32(27,28)29)20-12-18(25-31-20)11-17-8-9-21(24-13-17)33-14-16-5-2-1-3-6-16/h1-10,12-13,22H,11,14-15,23H2,(H2,27,28,29). The minimum absolute atomic E-state index is 0.361. The number of thioether (sulfide) groups is 1. The molecule has 4 rings (SSSR count). The first kappa shape index (κ1) is 23.4. The van der Waals surface area contributed by atoms with E-state index in [2.05, 4.69) is 26.8 Å². The van der Waals surface area contributed by atoms with Crippen LogP contribution in [0.3, 0.4) is 0 Å². The maximum atomic E-state index is 11.0. The molecule has 1 aliphatic rings. The monoisotopic (exact) mass is 486 g/mol. The summed E-state index contributed by atoms with van der Waals surface area (Å²) in [5, 5.41) is 5.08. The highest BCUT2D eigenvalue weighted by atomic mass is 32.2. The summed E-state index contributed by atoms with van der Waals surface area (Å²) in [7, 11) is -4.60. The Kier molecular flexibility index (Phi) is 7.44. The number of hydrogen-bond donors (Lipinski definition) is 3. The second kappa shape index (κ2) is 10.5. The van der Waals surface area contributed by atoms with Gasteiger partial charge in [-0.25, -0.2) is 9.55 Å². The third-order valence-electron chi connectivity index (χ3n) is 4.86. The van der Waals surface area contributed by atoms with Crippen molar-refractivity contribution in [2.45, 2.75) is 23.4 Å². The molecule has 0 bridgehead atoms. The van der Waals surface area contributed by atoms with E-state index < -0.39 is 14.0 Å². The molecule has 0 fully saturated rings. The summed E-state index contributed by atoms with van der Waals surface area (Å²) >= 11 is 1.68. The first-order chi connectivity index (χ1) is 15.9. The fraction of sp³-hybridized carbons (Fsp3) is 0.182. The van der Waals surface area contributed by atoms with E-state index in [1.807, 2.05) is 36.5 Å². The van der Waals surface area contributed by atoms with Crippen molar-refractivity contribution in [2.24, 2.45) is 5.73 Å². The van der Waals surface area contributed by atoms with Crippen LogP contribution in [0.15, 0.2) is 82.6 Å². The van der Waals surface area contributed by atoms with E-state index in [0.29, 0.717) is 17.8 Å². The van der Waals surface area contributed by atoms with Crippen LogP contribution in [0.1, 0.15) is 22.6 Å². The van der Waals surface area contributed by atoms with Crippen LogP contribution >= 0.6 is 19.6 Å². The lowest BCUT2D eigenvalue weighted by Crippen LogP contribution is -2.41. The van der Waals surface area contributed by atoms with Gasteiger partial charge in [0.25, 0.3) is 0 Å². The van der Waals surface area contributed by atoms with E-state index in [1.54, 1.807) is 36.2 Å². The summed E-state index contributed by atoms with van der Waals surface area (Å²) in [6, 6.07) is 16.1. The first-order valence-electron chi connectivity index (χ1n) is 10.0. The number of pyridine rings is 1. The number of nitrogens with zero attached hydrogens (tertiary/aromatic N) is 3. The van der Waals surface area contributed by atoms with E-state index in [4.69, 9.17) is 20.0 Å². The van der Waals surface area contributed by atoms with Crippen molar-refractivity contribution in [2.75, 3.05) is 6.73 Å². The minimum Gasteiger partial charge on any atom is -0.356 e. The number of aromatic nitrogens is 2. The number of phosphoric ester groups is 1. The van der Waals surface area contributed by atoms with Gasteiger partial charge in [0.15, 0.2) is 5.76 Å². The van der Waals surface area contributed by atoms with Gasteiger partial charge in [0.05, 0.1) is 10.7 Å². The van der Waals surface area contributed by atoms with Crippen LogP contribution < -0.4 is 5.73 Å². The topological polar surface area (TPSA) is 135 Å². The number of nitrogens with two attached hydrogens (primary N) is 1. The highest BCUT2D eigenvalue weighted by Gasteiger charge is 2.25. The molecule has 0 spiro atoms. The zero-order chi connectivity index (χ0) is 23.3. The Morgan fingerprint density at radius 1 is 1.18 bits per heavy atom. The molecule has 0 saturated heterocycles. The van der Waals surface area contributed by atoms with Gasteiger partial charge in [-0.2, -0.15) is 0 Å². The van der Waals surface area contributed by atoms with Crippen LogP contribution in [0.4, 0.5) is 0 Å². The molecule has 33 heavy (non-hydrogen) atoms. The molecule has 3 aromatic rings. The molecule has 3 heterocycles. The van der Waals surface area contributed by atoms with E-state index in [-0.39, 0.29) is 6.73 Å². The molecule has 2 aromatic heterocycles. The zero-order valence-corrected chi connectivity index (χ0v) is 19.2. The molecule has 1 atom stereocenters. The fourth-order valence-electron chi connectivity index (χ4n) is 3.19. The molecule has 172 valence electrons. The molecular weight excluding hydrogens is 463 g/mol. The Bertz CT molecular complexity index is 1180. The highest BCUT2D eigenvalue weighted by molar-refractivity contribution is 7.98. The Morgan fingerprint density at radius 3 is 2.73 bits per heavy atom. The van der Waals surface area contributed by atoms with E-state index in [9.17, 15) is 4.57 Å². The molecule has 0 amide bonds. The molecule has 0 saturated carbocycles. The van der Waals surface area contributed by atoms with Crippen molar-refractivity contribution in [1.82, 2.24) is 15.0 Å². The summed E-state index contributed by atoms with van der Waals surface area (Å²) in [5.74, 6) is 1.34. The molecule has 0 aliphatic carbocycles. The van der Waals surface area contributed by atoms with Crippen molar-refractivity contribution in [3.63, 3.8) is 0 Å². The van der Waals surface area contributed by atoms with Crippen molar-refractivity contribution in [3.8, 4) is 0 Å². The molecule has 11 heteroatoms. The van der Waals surface area contributed by atoms with Crippen LogP contribution in [0.5, 0.6) is 0 Å². The Hall–Kier alpha value is -2.72. The van der Waals surface area contributed by atoms with Gasteiger partial charge in [-0.05, 0) is 23.3 Å². The average molecular weight is 486 g/mol. The fourth-order valence-corrected chi connectivity index (χ4v) is 4.28. The van der Waals surface area contributed by atoms with Crippen molar-refractivity contribution in [3.05, 3.63) is 95.7 Å². The van der Waals surface area contributed by atoms with Gasteiger partial charge in [-0.1, -0.05) is 47.6 Å². The lowest BCUT2D eigenvalue weighted by atomic mass is 10.1. The maximum absolute atomic E-state index is 11.0. The number of hydrogen-bond acceptors (Lipinski definition) is 8. The third-order valence-corrected chi connectivity index (χ3v) is 6.33. The molecule has 0 radical (unpaired) electrons. The van der Waals surface area contributed by atoms with Crippen molar-refractivity contribution in [1.29, 1.82) is 0 Å². The smallest absolute Gasteiger partial charge is 0.356 e. The molecule has 9 nitrogen and oxygen atoms in total. The predicted octanol–water partition coefficient (Wildman–Crippen LogP) is 3.52. The van der Waals surface area contributed by atoms with Crippen LogP contribution in [0, 0.1) is 0 Å². The number of benzene rings is 1. The minimum atomic E-state index is -4.60. The van der Waals surface area contributed by atoms with Crippen LogP contribution in [-0.2, 0) is 21.3 Å². The van der Waals surface area contributed by atoms with Gasteiger partial charge in [0.1, 0.15) is 12.9 Å². The first-order valence-corrected chi connectivity index (χ1v) is 12.6. The summed E-state index contributed by atoms with van der Waals surface area (Å²) in [6.45, 7) is -0.361. The lowest BCUT2D eigenvalue weighted by Gasteiger charge is -2.30. The molecule has 1 aromatic carbocycles. The van der Waals surface area contributed by atoms with Gasteiger partial charge in [0.2, 0.25) is 0 Å². The summed E-state index contributed by atoms with van der Waals surface area (Å²) in [6.07, 6.45) is 6.72. The van der Waals surface area contributed by atoms with Gasteiger partial charge in [0, 0.05) is 36.2 Å². The highest BCUT2D eigenvalue weighted by Crippen LogP contribution is 2.36. The quantitative estimate of drug-likeness (QED) is 0.305. The second-order valence-corrected chi connectivity index (χ2v) is 9.54.